The van der Waals surface area contributed by atoms with Crippen LogP contribution in [-0.4, -0.2) is 47.6 Å². The van der Waals surface area contributed by atoms with Crippen molar-refractivity contribution in [2.24, 2.45) is 0 Å². The van der Waals surface area contributed by atoms with Gasteiger partial charge >= 0.3 is 12.1 Å². The Labute approximate surface area is 142 Å². The highest BCUT2D eigenvalue weighted by Crippen LogP contribution is 2.31. The maximum absolute atomic E-state index is 12.7. The summed E-state index contributed by atoms with van der Waals surface area (Å²) in [6.45, 7) is 2.62. The number of carbonyl (C=O) groups excluding carboxylic acids is 2. The van der Waals surface area contributed by atoms with E-state index in [1.54, 1.807) is 6.92 Å². The van der Waals surface area contributed by atoms with Gasteiger partial charge in [-0.15, -0.1) is 0 Å². The lowest BCUT2D eigenvalue weighted by Crippen LogP contribution is -2.31. The van der Waals surface area contributed by atoms with E-state index in [1.807, 2.05) is 0 Å². The van der Waals surface area contributed by atoms with Crippen LogP contribution in [0.15, 0.2) is 18.3 Å². The predicted octanol–water partition coefficient (Wildman–Crippen LogP) is 2.42. The number of ether oxygens (including phenoxy) is 2. The largest absolute Gasteiger partial charge is 0.472 e. The van der Waals surface area contributed by atoms with Crippen molar-refractivity contribution in [3.8, 4) is 5.88 Å². The fourth-order valence-corrected chi connectivity index (χ4v) is 2.47. The van der Waals surface area contributed by atoms with E-state index in [1.165, 1.54) is 4.90 Å². The van der Waals surface area contributed by atoms with E-state index >= 15 is 0 Å². The Balaban J connectivity index is 1.85. The second-order valence-electron chi connectivity index (χ2n) is 5.55. The highest BCUT2D eigenvalue weighted by Gasteiger charge is 2.32. The van der Waals surface area contributed by atoms with Gasteiger partial charge in [-0.25, -0.2) is 4.98 Å². The fraction of sp³-hybridized carbons (Fsp3) is 0.562. The van der Waals surface area contributed by atoms with Crippen LogP contribution in [0, 0.1) is 0 Å². The van der Waals surface area contributed by atoms with Crippen LogP contribution in [0.1, 0.15) is 31.7 Å². The average Bonchev–Trinajstić information content (AvgIpc) is 3.01. The standard InChI is InChI=1S/C16H19F3N2O4/c1-2-24-15(23)4-3-14(22)21-8-6-12(10-21)25-13-9-11(5-7-20-13)16(17,18)19/h5,7,9,12H,2-4,6,8,10H2,1H3/t12-/m0/s1. The SMILES string of the molecule is CCOC(=O)CCC(=O)N1CC[C@H](Oc2cc(C(F)(F)F)ccn2)C1. The molecule has 0 unspecified atom stereocenters. The van der Waals surface area contributed by atoms with E-state index in [-0.39, 0.29) is 37.8 Å². The van der Waals surface area contributed by atoms with Crippen LogP contribution in [0.25, 0.3) is 0 Å². The number of likely N-dealkylation sites (tertiary alicyclic amines) is 1. The van der Waals surface area contributed by atoms with Gasteiger partial charge in [0.05, 0.1) is 25.1 Å². The van der Waals surface area contributed by atoms with E-state index in [9.17, 15) is 22.8 Å². The number of nitrogens with zero attached hydrogens (tertiary/aromatic N) is 2. The Morgan fingerprint density at radius 1 is 1.36 bits per heavy atom. The highest BCUT2D eigenvalue weighted by molar-refractivity contribution is 5.81. The smallest absolute Gasteiger partial charge is 0.416 e. The number of rotatable bonds is 6. The van der Waals surface area contributed by atoms with Gasteiger partial charge in [-0.3, -0.25) is 9.59 Å². The molecule has 6 nitrogen and oxygen atoms in total. The van der Waals surface area contributed by atoms with Crippen LogP contribution in [0.3, 0.4) is 0 Å². The molecule has 0 spiro atoms. The normalized spacial score (nSPS) is 17.4. The lowest BCUT2D eigenvalue weighted by atomic mass is 10.2. The van der Waals surface area contributed by atoms with Crippen molar-refractivity contribution in [3.05, 3.63) is 23.9 Å². The van der Waals surface area contributed by atoms with Gasteiger partial charge in [-0.2, -0.15) is 13.2 Å². The Morgan fingerprint density at radius 3 is 2.80 bits per heavy atom. The van der Waals surface area contributed by atoms with Crippen LogP contribution in [0.4, 0.5) is 13.2 Å². The summed E-state index contributed by atoms with van der Waals surface area (Å²) >= 11 is 0. The number of aromatic nitrogens is 1. The first-order valence-corrected chi connectivity index (χ1v) is 7.93. The third-order valence-corrected chi connectivity index (χ3v) is 3.70. The van der Waals surface area contributed by atoms with Crippen LogP contribution in [-0.2, 0) is 20.5 Å². The van der Waals surface area contributed by atoms with E-state index in [4.69, 9.17) is 9.47 Å². The summed E-state index contributed by atoms with van der Waals surface area (Å²) in [7, 11) is 0. The Morgan fingerprint density at radius 2 is 2.12 bits per heavy atom. The lowest BCUT2D eigenvalue weighted by Gasteiger charge is -2.17. The number of alkyl halides is 3. The summed E-state index contributed by atoms with van der Waals surface area (Å²) in [5, 5.41) is 0. The van der Waals surface area contributed by atoms with Crippen molar-refractivity contribution in [2.45, 2.75) is 38.5 Å². The number of hydrogen-bond donors (Lipinski definition) is 0. The number of amides is 1. The molecule has 1 fully saturated rings. The minimum Gasteiger partial charge on any atom is -0.472 e. The van der Waals surface area contributed by atoms with E-state index in [2.05, 4.69) is 4.98 Å². The van der Waals surface area contributed by atoms with Gasteiger partial charge < -0.3 is 14.4 Å². The second-order valence-corrected chi connectivity index (χ2v) is 5.55. The zero-order valence-corrected chi connectivity index (χ0v) is 13.7. The van der Waals surface area contributed by atoms with Crippen LogP contribution in [0.5, 0.6) is 5.88 Å². The molecule has 138 valence electrons. The summed E-state index contributed by atoms with van der Waals surface area (Å²) in [6, 6.07) is 1.71. The zero-order chi connectivity index (χ0) is 18.4. The third-order valence-electron chi connectivity index (χ3n) is 3.70. The summed E-state index contributed by atoms with van der Waals surface area (Å²) in [5.74, 6) is -0.771. The monoisotopic (exact) mass is 360 g/mol. The molecule has 1 saturated heterocycles. The van der Waals surface area contributed by atoms with Crippen LogP contribution >= 0.6 is 0 Å². The fourth-order valence-electron chi connectivity index (χ4n) is 2.47. The summed E-state index contributed by atoms with van der Waals surface area (Å²) < 4.78 is 48.3. The molecule has 0 saturated carbocycles. The number of carbonyl (C=O) groups is 2. The first kappa shape index (κ1) is 19.0. The first-order valence-electron chi connectivity index (χ1n) is 7.93. The molecule has 0 N–H and O–H groups in total. The quantitative estimate of drug-likeness (QED) is 0.729. The molecule has 1 aromatic heterocycles. The maximum atomic E-state index is 12.7. The molecular weight excluding hydrogens is 341 g/mol. The highest BCUT2D eigenvalue weighted by atomic mass is 19.4. The minimum atomic E-state index is -4.47. The molecule has 0 bridgehead atoms. The molecule has 9 heteroatoms. The van der Waals surface area contributed by atoms with E-state index < -0.39 is 23.8 Å². The van der Waals surface area contributed by atoms with Crippen molar-refractivity contribution in [2.75, 3.05) is 19.7 Å². The summed E-state index contributed by atoms with van der Waals surface area (Å²) in [6.07, 6.45) is -3.33. The molecule has 25 heavy (non-hydrogen) atoms. The van der Waals surface area contributed by atoms with Gasteiger partial charge in [0.2, 0.25) is 11.8 Å². The van der Waals surface area contributed by atoms with Gasteiger partial charge in [-0.05, 0) is 13.0 Å². The summed E-state index contributed by atoms with van der Waals surface area (Å²) in [5.41, 5.74) is -0.835. The van der Waals surface area contributed by atoms with Crippen molar-refractivity contribution < 1.29 is 32.2 Å². The molecule has 0 radical (unpaired) electrons. The minimum absolute atomic E-state index is 0.00385. The number of esters is 1. The number of pyridine rings is 1. The molecule has 2 rings (SSSR count). The molecular formula is C16H19F3N2O4. The van der Waals surface area contributed by atoms with Crippen molar-refractivity contribution >= 4 is 11.9 Å². The van der Waals surface area contributed by atoms with Crippen molar-refractivity contribution in [3.63, 3.8) is 0 Å². The van der Waals surface area contributed by atoms with Gasteiger partial charge in [0.1, 0.15) is 6.10 Å². The average molecular weight is 360 g/mol. The molecule has 1 aliphatic heterocycles. The molecule has 0 aliphatic carbocycles. The summed E-state index contributed by atoms with van der Waals surface area (Å²) in [4.78, 5) is 28.6. The molecule has 1 atom stereocenters. The van der Waals surface area contributed by atoms with Crippen molar-refractivity contribution in [1.29, 1.82) is 0 Å². The second kappa shape index (κ2) is 8.17. The van der Waals surface area contributed by atoms with Gasteiger partial charge in [-0.1, -0.05) is 0 Å². The van der Waals surface area contributed by atoms with Gasteiger partial charge in [0.25, 0.3) is 0 Å². The van der Waals surface area contributed by atoms with Crippen LogP contribution in [0.2, 0.25) is 0 Å². The van der Waals surface area contributed by atoms with Gasteiger partial charge in [0.15, 0.2) is 0 Å². The lowest BCUT2D eigenvalue weighted by molar-refractivity contribution is -0.145. The number of hydrogen-bond acceptors (Lipinski definition) is 5. The van der Waals surface area contributed by atoms with Gasteiger partial charge in [0, 0.05) is 31.6 Å². The number of halogens is 3. The predicted molar refractivity (Wildman–Crippen MR) is 80.7 cm³/mol. The third kappa shape index (κ3) is 5.61. The van der Waals surface area contributed by atoms with Crippen LogP contribution < -0.4 is 4.74 Å². The zero-order valence-electron chi connectivity index (χ0n) is 13.7. The van der Waals surface area contributed by atoms with E-state index in [0.29, 0.717) is 13.0 Å². The molecule has 0 aromatic carbocycles. The maximum Gasteiger partial charge on any atom is 0.416 e. The molecule has 1 amide bonds. The Bertz CT molecular complexity index is 622. The van der Waals surface area contributed by atoms with E-state index in [0.717, 1.165) is 18.3 Å². The topological polar surface area (TPSA) is 68.7 Å². The molecule has 2 heterocycles. The van der Waals surface area contributed by atoms with Crippen molar-refractivity contribution in [1.82, 2.24) is 9.88 Å². The molecule has 1 aliphatic rings. The first-order chi connectivity index (χ1) is 11.8. The Kier molecular flexibility index (Phi) is 6.22. The Hall–Kier alpha value is -2.32. The molecule has 1 aromatic rings.